The molecule has 0 bridgehead atoms. The normalized spacial score (nSPS) is 25.3. The van der Waals surface area contributed by atoms with Gasteiger partial charge in [-0.2, -0.15) is 0 Å². The van der Waals surface area contributed by atoms with Crippen LogP contribution in [-0.4, -0.2) is 43.2 Å². The lowest BCUT2D eigenvalue weighted by Gasteiger charge is -2.30. The van der Waals surface area contributed by atoms with Gasteiger partial charge in [0.25, 0.3) is 0 Å². The summed E-state index contributed by atoms with van der Waals surface area (Å²) in [6.45, 7) is 4.05. The Morgan fingerprint density at radius 3 is 2.90 bits per heavy atom. The van der Waals surface area contributed by atoms with Gasteiger partial charge < -0.3 is 15.0 Å². The van der Waals surface area contributed by atoms with E-state index < -0.39 is 0 Å². The number of nitrogens with one attached hydrogen (secondary N) is 1. The molecule has 3 heterocycles. The highest BCUT2D eigenvalue weighted by Crippen LogP contribution is 2.29. The van der Waals surface area contributed by atoms with Gasteiger partial charge in [0.05, 0.1) is 18.4 Å². The molecule has 2 unspecified atom stereocenters. The van der Waals surface area contributed by atoms with Crippen LogP contribution in [0.1, 0.15) is 41.7 Å². The van der Waals surface area contributed by atoms with Gasteiger partial charge in [0.15, 0.2) is 0 Å². The van der Waals surface area contributed by atoms with Crippen LogP contribution in [0.15, 0.2) is 12.1 Å². The molecule has 21 heavy (non-hydrogen) atoms. The Kier molecular flexibility index (Phi) is 4.10. The number of aromatic nitrogens is 1. The van der Waals surface area contributed by atoms with Crippen LogP contribution < -0.4 is 10.2 Å². The van der Waals surface area contributed by atoms with E-state index in [-0.39, 0.29) is 5.97 Å². The highest BCUT2D eigenvalue weighted by atomic mass is 16.5. The Balaban J connectivity index is 1.82. The van der Waals surface area contributed by atoms with Crippen molar-refractivity contribution in [3.8, 4) is 0 Å². The van der Waals surface area contributed by atoms with Gasteiger partial charge in [-0.15, -0.1) is 0 Å². The van der Waals surface area contributed by atoms with Crippen molar-refractivity contribution < 1.29 is 9.53 Å². The van der Waals surface area contributed by atoms with Gasteiger partial charge >= 0.3 is 5.97 Å². The zero-order chi connectivity index (χ0) is 14.8. The molecule has 3 rings (SSSR count). The average molecular weight is 289 g/mol. The summed E-state index contributed by atoms with van der Waals surface area (Å²) in [6, 6.07) is 4.89. The Morgan fingerprint density at radius 1 is 1.38 bits per heavy atom. The van der Waals surface area contributed by atoms with Gasteiger partial charge in [-0.05, 0) is 51.3 Å². The Bertz CT molecular complexity index is 526. The molecule has 0 spiro atoms. The van der Waals surface area contributed by atoms with Gasteiger partial charge in [-0.1, -0.05) is 0 Å². The number of esters is 1. The second-order valence-corrected chi connectivity index (χ2v) is 5.90. The van der Waals surface area contributed by atoms with Gasteiger partial charge in [-0.25, -0.2) is 9.78 Å². The van der Waals surface area contributed by atoms with E-state index in [0.29, 0.717) is 17.6 Å². The molecule has 0 saturated carbocycles. The molecule has 2 atom stereocenters. The number of carbonyl (C=O) groups is 1. The summed E-state index contributed by atoms with van der Waals surface area (Å²) in [5, 5.41) is 3.61. The number of pyridine rings is 1. The highest BCUT2D eigenvalue weighted by Gasteiger charge is 2.34. The van der Waals surface area contributed by atoms with E-state index in [0.717, 1.165) is 24.6 Å². The van der Waals surface area contributed by atoms with Crippen molar-refractivity contribution in [2.45, 2.75) is 44.7 Å². The number of ether oxygens (including phenoxy) is 1. The monoisotopic (exact) mass is 289 g/mol. The second-order valence-electron chi connectivity index (χ2n) is 5.90. The standard InChI is InChI=1S/C16H23N3O2/c1-11-12(16(20)21-2)7-8-15(18-11)19-10-4-6-14(19)13-5-3-9-17-13/h7-8,13-14,17H,3-6,9-10H2,1-2H3. The molecule has 2 saturated heterocycles. The lowest BCUT2D eigenvalue weighted by atomic mass is 10.0. The maximum atomic E-state index is 11.7. The van der Waals surface area contributed by atoms with Crippen molar-refractivity contribution in [2.75, 3.05) is 25.1 Å². The van der Waals surface area contributed by atoms with Crippen LogP contribution in [-0.2, 0) is 4.74 Å². The van der Waals surface area contributed by atoms with Gasteiger partial charge in [0.2, 0.25) is 0 Å². The van der Waals surface area contributed by atoms with Gasteiger partial charge in [0, 0.05) is 18.6 Å². The molecule has 1 aromatic rings. The quantitative estimate of drug-likeness (QED) is 0.861. The predicted molar refractivity (Wildman–Crippen MR) is 81.7 cm³/mol. The number of rotatable bonds is 3. The number of anilines is 1. The van der Waals surface area contributed by atoms with E-state index in [1.807, 2.05) is 19.1 Å². The molecule has 1 aromatic heterocycles. The van der Waals surface area contributed by atoms with Crippen LogP contribution in [0.3, 0.4) is 0 Å². The largest absolute Gasteiger partial charge is 0.465 e. The number of hydrogen-bond donors (Lipinski definition) is 1. The molecular weight excluding hydrogens is 266 g/mol. The highest BCUT2D eigenvalue weighted by molar-refractivity contribution is 5.90. The number of carbonyl (C=O) groups excluding carboxylic acids is 1. The van der Waals surface area contributed by atoms with Gasteiger partial charge in [-0.3, -0.25) is 0 Å². The minimum absolute atomic E-state index is 0.318. The van der Waals surface area contributed by atoms with Crippen molar-refractivity contribution in [3.05, 3.63) is 23.4 Å². The summed E-state index contributed by atoms with van der Waals surface area (Å²) >= 11 is 0. The van der Waals surface area contributed by atoms with E-state index in [2.05, 4.69) is 15.2 Å². The number of methoxy groups -OCH3 is 1. The maximum absolute atomic E-state index is 11.7. The lowest BCUT2D eigenvalue weighted by molar-refractivity contribution is 0.0599. The van der Waals surface area contributed by atoms with Crippen molar-refractivity contribution in [1.29, 1.82) is 0 Å². The molecule has 5 heteroatoms. The summed E-state index contributed by atoms with van der Waals surface area (Å²) in [7, 11) is 1.40. The summed E-state index contributed by atoms with van der Waals surface area (Å²) in [5.74, 6) is 0.665. The SMILES string of the molecule is COC(=O)c1ccc(N2CCCC2C2CCCN2)nc1C. The molecule has 2 fully saturated rings. The first-order valence-corrected chi connectivity index (χ1v) is 7.76. The van der Waals surface area contributed by atoms with Crippen LogP contribution in [0.5, 0.6) is 0 Å². The molecular formula is C16H23N3O2. The van der Waals surface area contributed by atoms with E-state index >= 15 is 0 Å². The number of hydrogen-bond acceptors (Lipinski definition) is 5. The van der Waals surface area contributed by atoms with Crippen LogP contribution in [0.4, 0.5) is 5.82 Å². The zero-order valence-corrected chi connectivity index (χ0v) is 12.8. The van der Waals surface area contributed by atoms with Crippen molar-refractivity contribution in [1.82, 2.24) is 10.3 Å². The third-order valence-corrected chi connectivity index (χ3v) is 4.63. The van der Waals surface area contributed by atoms with Crippen LogP contribution in [0.25, 0.3) is 0 Å². The second kappa shape index (κ2) is 6.02. The molecule has 2 aliphatic rings. The van der Waals surface area contributed by atoms with E-state index in [1.54, 1.807) is 0 Å². The molecule has 5 nitrogen and oxygen atoms in total. The van der Waals surface area contributed by atoms with Crippen LogP contribution in [0.2, 0.25) is 0 Å². The summed E-state index contributed by atoms with van der Waals surface area (Å²) in [4.78, 5) is 18.7. The molecule has 0 aliphatic carbocycles. The first-order chi connectivity index (χ1) is 10.2. The summed E-state index contributed by atoms with van der Waals surface area (Å²) in [5.41, 5.74) is 1.29. The first-order valence-electron chi connectivity index (χ1n) is 7.76. The summed E-state index contributed by atoms with van der Waals surface area (Å²) < 4.78 is 4.78. The maximum Gasteiger partial charge on any atom is 0.339 e. The van der Waals surface area contributed by atoms with Crippen molar-refractivity contribution >= 4 is 11.8 Å². The van der Waals surface area contributed by atoms with Crippen LogP contribution >= 0.6 is 0 Å². The molecule has 0 amide bonds. The predicted octanol–water partition coefficient (Wildman–Crippen LogP) is 1.90. The Labute approximate surface area is 125 Å². The minimum atomic E-state index is -0.318. The first kappa shape index (κ1) is 14.3. The van der Waals surface area contributed by atoms with Gasteiger partial charge in [0.1, 0.15) is 5.82 Å². The molecule has 1 N–H and O–H groups in total. The topological polar surface area (TPSA) is 54.5 Å². The van der Waals surface area contributed by atoms with E-state index in [4.69, 9.17) is 4.74 Å². The van der Waals surface area contributed by atoms with E-state index in [1.165, 1.54) is 32.8 Å². The number of aryl methyl sites for hydroxylation is 1. The van der Waals surface area contributed by atoms with Crippen LogP contribution in [0, 0.1) is 6.92 Å². The average Bonchev–Trinajstić information content (AvgIpc) is 3.16. The Morgan fingerprint density at radius 2 is 2.24 bits per heavy atom. The Hall–Kier alpha value is -1.62. The molecule has 0 radical (unpaired) electrons. The van der Waals surface area contributed by atoms with Crippen molar-refractivity contribution in [2.24, 2.45) is 0 Å². The van der Waals surface area contributed by atoms with E-state index in [9.17, 15) is 4.79 Å². The molecule has 0 aromatic carbocycles. The smallest absolute Gasteiger partial charge is 0.339 e. The lowest BCUT2D eigenvalue weighted by Crippen LogP contribution is -2.44. The molecule has 2 aliphatic heterocycles. The summed E-state index contributed by atoms with van der Waals surface area (Å²) in [6.07, 6.45) is 4.95. The zero-order valence-electron chi connectivity index (χ0n) is 12.8. The van der Waals surface area contributed by atoms with Crippen molar-refractivity contribution in [3.63, 3.8) is 0 Å². The fraction of sp³-hybridized carbons (Fsp3) is 0.625. The minimum Gasteiger partial charge on any atom is -0.465 e. The number of nitrogens with zero attached hydrogens (tertiary/aromatic N) is 2. The fourth-order valence-corrected chi connectivity index (χ4v) is 3.57. The third kappa shape index (κ3) is 2.75. The molecule has 114 valence electrons. The fourth-order valence-electron chi connectivity index (χ4n) is 3.57. The third-order valence-electron chi connectivity index (χ3n) is 4.63.